The molecule has 1 aliphatic rings. The monoisotopic (exact) mass is 401 g/mol. The number of likely N-dealkylation sites (N-methyl/N-ethyl adjacent to an activating group) is 1. The van der Waals surface area contributed by atoms with E-state index < -0.39 is 0 Å². The molecule has 30 heavy (non-hydrogen) atoms. The Kier molecular flexibility index (Phi) is 4.75. The number of anilines is 3. The molecule has 1 aromatic carbocycles. The molecular weight excluding hydrogens is 374 g/mol. The summed E-state index contributed by atoms with van der Waals surface area (Å²) in [5.74, 6) is 1.31. The molecule has 1 saturated heterocycles. The molecule has 154 valence electrons. The Balaban J connectivity index is 1.42. The SMILES string of the molecule is CC(C)n1ccc2ccc3cnc(Nc4ccc(N5CCN(C)CC5)cn4)nc3c21. The summed E-state index contributed by atoms with van der Waals surface area (Å²) < 4.78 is 2.26. The summed E-state index contributed by atoms with van der Waals surface area (Å²) in [6, 6.07) is 10.8. The van der Waals surface area contributed by atoms with E-state index >= 15 is 0 Å². The minimum Gasteiger partial charge on any atom is -0.368 e. The van der Waals surface area contributed by atoms with E-state index in [2.05, 4.69) is 81.0 Å². The molecule has 5 rings (SSSR count). The molecule has 0 amide bonds. The fourth-order valence-corrected chi connectivity index (χ4v) is 4.06. The molecule has 7 heteroatoms. The normalized spacial score (nSPS) is 15.4. The molecule has 1 aliphatic heterocycles. The van der Waals surface area contributed by atoms with Crippen LogP contribution in [0.4, 0.5) is 17.5 Å². The topological polar surface area (TPSA) is 62.1 Å². The van der Waals surface area contributed by atoms with Gasteiger partial charge < -0.3 is 19.7 Å². The van der Waals surface area contributed by atoms with Gasteiger partial charge in [0.2, 0.25) is 5.95 Å². The van der Waals surface area contributed by atoms with Crippen molar-refractivity contribution in [2.24, 2.45) is 0 Å². The van der Waals surface area contributed by atoms with Gasteiger partial charge in [0.05, 0.1) is 17.4 Å². The van der Waals surface area contributed by atoms with E-state index in [4.69, 9.17) is 4.98 Å². The fraction of sp³-hybridized carbons (Fsp3) is 0.348. The largest absolute Gasteiger partial charge is 0.368 e. The molecule has 4 heterocycles. The second-order valence-electron chi connectivity index (χ2n) is 8.27. The second kappa shape index (κ2) is 7.57. The quantitative estimate of drug-likeness (QED) is 0.557. The number of aromatic nitrogens is 4. The Morgan fingerprint density at radius 1 is 0.900 bits per heavy atom. The van der Waals surface area contributed by atoms with Crippen LogP contribution in [0, 0.1) is 0 Å². The Bertz CT molecular complexity index is 1170. The third-order valence-electron chi connectivity index (χ3n) is 5.84. The summed E-state index contributed by atoms with van der Waals surface area (Å²) in [4.78, 5) is 18.7. The first-order chi connectivity index (χ1) is 14.6. The third kappa shape index (κ3) is 3.45. The lowest BCUT2D eigenvalue weighted by Crippen LogP contribution is -2.44. The van der Waals surface area contributed by atoms with Crippen LogP contribution in [-0.4, -0.2) is 57.6 Å². The van der Waals surface area contributed by atoms with Crippen LogP contribution in [0.15, 0.2) is 48.9 Å². The van der Waals surface area contributed by atoms with E-state index in [0.717, 1.165) is 54.1 Å². The molecule has 1 N–H and O–H groups in total. The van der Waals surface area contributed by atoms with Crippen LogP contribution in [-0.2, 0) is 0 Å². The maximum absolute atomic E-state index is 4.84. The summed E-state index contributed by atoms with van der Waals surface area (Å²) in [6.45, 7) is 8.60. The Morgan fingerprint density at radius 2 is 1.70 bits per heavy atom. The Hall–Kier alpha value is -3.19. The summed E-state index contributed by atoms with van der Waals surface area (Å²) in [7, 11) is 2.16. The van der Waals surface area contributed by atoms with Gasteiger partial charge in [-0.15, -0.1) is 0 Å². The number of nitrogens with one attached hydrogen (secondary N) is 1. The van der Waals surface area contributed by atoms with Gasteiger partial charge >= 0.3 is 0 Å². The number of piperazine rings is 1. The van der Waals surface area contributed by atoms with Crippen LogP contribution >= 0.6 is 0 Å². The van der Waals surface area contributed by atoms with Crippen molar-refractivity contribution < 1.29 is 0 Å². The van der Waals surface area contributed by atoms with Crippen molar-refractivity contribution in [1.29, 1.82) is 0 Å². The Labute approximate surface area is 176 Å². The molecule has 0 atom stereocenters. The van der Waals surface area contributed by atoms with Crippen molar-refractivity contribution >= 4 is 39.3 Å². The molecule has 0 bridgehead atoms. The summed E-state index contributed by atoms with van der Waals surface area (Å²) >= 11 is 0. The van der Waals surface area contributed by atoms with Crippen molar-refractivity contribution in [1.82, 2.24) is 24.4 Å². The van der Waals surface area contributed by atoms with Gasteiger partial charge in [0.1, 0.15) is 11.3 Å². The number of nitrogens with zero attached hydrogens (tertiary/aromatic N) is 6. The first kappa shape index (κ1) is 18.8. The van der Waals surface area contributed by atoms with E-state index in [1.807, 2.05) is 18.5 Å². The number of fused-ring (bicyclic) bond motifs is 3. The van der Waals surface area contributed by atoms with Gasteiger partial charge in [0.25, 0.3) is 0 Å². The summed E-state index contributed by atoms with van der Waals surface area (Å²) in [5.41, 5.74) is 3.26. The van der Waals surface area contributed by atoms with Gasteiger partial charge in [-0.25, -0.2) is 15.0 Å². The zero-order valence-electron chi connectivity index (χ0n) is 17.7. The average Bonchev–Trinajstić information content (AvgIpc) is 3.20. The maximum Gasteiger partial charge on any atom is 0.228 e. The number of hydrogen-bond acceptors (Lipinski definition) is 6. The predicted molar refractivity (Wildman–Crippen MR) is 123 cm³/mol. The molecule has 0 unspecified atom stereocenters. The Morgan fingerprint density at radius 3 is 2.43 bits per heavy atom. The highest BCUT2D eigenvalue weighted by molar-refractivity contribution is 6.03. The highest BCUT2D eigenvalue weighted by Crippen LogP contribution is 2.28. The van der Waals surface area contributed by atoms with Gasteiger partial charge in [-0.2, -0.15) is 0 Å². The van der Waals surface area contributed by atoms with E-state index in [1.165, 1.54) is 5.39 Å². The lowest BCUT2D eigenvalue weighted by Gasteiger charge is -2.33. The highest BCUT2D eigenvalue weighted by atomic mass is 15.3. The standard InChI is InChI=1S/C23H27N7/c1-16(2)30-9-8-17-4-5-18-14-25-23(27-21(18)22(17)30)26-20-7-6-19(15-24-20)29-12-10-28(3)11-13-29/h4-9,14-16H,10-13H2,1-3H3,(H,24,25,26,27). The van der Waals surface area contributed by atoms with Gasteiger partial charge in [0.15, 0.2) is 0 Å². The first-order valence-corrected chi connectivity index (χ1v) is 10.5. The highest BCUT2D eigenvalue weighted by Gasteiger charge is 2.15. The molecule has 0 saturated carbocycles. The summed E-state index contributed by atoms with van der Waals surface area (Å²) in [6.07, 6.45) is 5.93. The van der Waals surface area contributed by atoms with E-state index in [9.17, 15) is 0 Å². The molecule has 1 fully saturated rings. The lowest BCUT2D eigenvalue weighted by atomic mass is 10.2. The van der Waals surface area contributed by atoms with Gasteiger partial charge in [-0.05, 0) is 39.1 Å². The van der Waals surface area contributed by atoms with Crippen LogP contribution in [0.2, 0.25) is 0 Å². The zero-order valence-corrected chi connectivity index (χ0v) is 17.7. The minimum absolute atomic E-state index is 0.364. The van der Waals surface area contributed by atoms with Crippen LogP contribution in [0.25, 0.3) is 21.8 Å². The summed E-state index contributed by atoms with van der Waals surface area (Å²) in [5, 5.41) is 5.49. The average molecular weight is 402 g/mol. The van der Waals surface area contributed by atoms with Crippen LogP contribution in [0.3, 0.4) is 0 Å². The van der Waals surface area contributed by atoms with Crippen LogP contribution in [0.5, 0.6) is 0 Å². The number of pyridine rings is 1. The van der Waals surface area contributed by atoms with Crippen molar-refractivity contribution in [2.75, 3.05) is 43.4 Å². The van der Waals surface area contributed by atoms with E-state index in [1.54, 1.807) is 0 Å². The van der Waals surface area contributed by atoms with E-state index in [0.29, 0.717) is 12.0 Å². The molecule has 0 aliphatic carbocycles. The third-order valence-corrected chi connectivity index (χ3v) is 5.84. The fourth-order valence-electron chi connectivity index (χ4n) is 4.06. The van der Waals surface area contributed by atoms with Crippen molar-refractivity contribution in [3.63, 3.8) is 0 Å². The van der Waals surface area contributed by atoms with Crippen molar-refractivity contribution in [3.05, 3.63) is 48.9 Å². The van der Waals surface area contributed by atoms with Crippen LogP contribution in [0.1, 0.15) is 19.9 Å². The first-order valence-electron chi connectivity index (χ1n) is 10.5. The van der Waals surface area contributed by atoms with Gasteiger partial charge in [0, 0.05) is 55.4 Å². The van der Waals surface area contributed by atoms with Gasteiger partial charge in [-0.3, -0.25) is 0 Å². The van der Waals surface area contributed by atoms with Crippen molar-refractivity contribution in [2.45, 2.75) is 19.9 Å². The molecule has 0 radical (unpaired) electrons. The number of rotatable bonds is 4. The zero-order chi connectivity index (χ0) is 20.7. The molecule has 7 nitrogen and oxygen atoms in total. The predicted octanol–water partition coefficient (Wildman–Crippen LogP) is 4.06. The maximum atomic E-state index is 4.84. The molecule has 4 aromatic rings. The van der Waals surface area contributed by atoms with Crippen LogP contribution < -0.4 is 10.2 Å². The van der Waals surface area contributed by atoms with Crippen molar-refractivity contribution in [3.8, 4) is 0 Å². The number of hydrogen-bond donors (Lipinski definition) is 1. The number of benzene rings is 1. The molecular formula is C23H27N7. The lowest BCUT2D eigenvalue weighted by molar-refractivity contribution is 0.313. The molecule has 3 aromatic heterocycles. The van der Waals surface area contributed by atoms with Gasteiger partial charge in [-0.1, -0.05) is 12.1 Å². The molecule has 0 spiro atoms. The smallest absolute Gasteiger partial charge is 0.228 e. The van der Waals surface area contributed by atoms with E-state index in [-0.39, 0.29) is 0 Å². The second-order valence-corrected chi connectivity index (χ2v) is 8.27. The minimum atomic E-state index is 0.364.